The average molecular weight is 721 g/mol. The molecule has 272 valence electrons. The van der Waals surface area contributed by atoms with Crippen molar-refractivity contribution in [1.82, 2.24) is 10.0 Å². The fourth-order valence-electron chi connectivity index (χ4n) is 6.22. The standard InChI is InChI=1S/C43H48N2O6S/c1-43(2,3)50-42(46)51-45-24-21-39(35-15-17-37(18-16-35)48-26-8-25-47-29-32-9-5-4-6-10-32)41(28-45)49-30-33-13-14-34-11-7-12-36(40(34)27-33)31-52-38-19-22-44-23-20-38/h4-7,9-20,22-23,27,39,41H,8,21,24-26,28-31H2,1-3H3. The Labute approximate surface area is 311 Å². The number of fused-ring (bicyclic) bond motifs is 1. The third-order valence-electron chi connectivity index (χ3n) is 8.78. The second-order valence-corrected chi connectivity index (χ2v) is 15.0. The van der Waals surface area contributed by atoms with Gasteiger partial charge in [0.15, 0.2) is 0 Å². The highest BCUT2D eigenvalue weighted by molar-refractivity contribution is 7.98. The second-order valence-electron chi connectivity index (χ2n) is 13.9. The van der Waals surface area contributed by atoms with Crippen LogP contribution in [0.15, 0.2) is 120 Å². The fraction of sp³-hybridized carbons (Fsp3) is 0.349. The van der Waals surface area contributed by atoms with Crippen LogP contribution in [-0.2, 0) is 38.0 Å². The quantitative estimate of drug-likeness (QED) is 0.0597. The van der Waals surface area contributed by atoms with E-state index in [1.807, 2.05) is 75.6 Å². The minimum atomic E-state index is -0.705. The first-order valence-corrected chi connectivity index (χ1v) is 18.9. The lowest BCUT2D eigenvalue weighted by Gasteiger charge is -2.37. The predicted octanol–water partition coefficient (Wildman–Crippen LogP) is 9.75. The summed E-state index contributed by atoms with van der Waals surface area (Å²) in [5.74, 6) is 1.78. The molecule has 0 spiro atoms. The highest BCUT2D eigenvalue weighted by Gasteiger charge is 2.34. The van der Waals surface area contributed by atoms with Crippen LogP contribution in [0.25, 0.3) is 10.8 Å². The minimum Gasteiger partial charge on any atom is -0.494 e. The van der Waals surface area contributed by atoms with Gasteiger partial charge in [-0.05, 0) is 90.6 Å². The van der Waals surface area contributed by atoms with Crippen molar-refractivity contribution in [2.75, 3.05) is 26.3 Å². The second kappa shape index (κ2) is 18.4. The van der Waals surface area contributed by atoms with Crippen LogP contribution in [0.5, 0.6) is 5.75 Å². The molecule has 9 heteroatoms. The van der Waals surface area contributed by atoms with Gasteiger partial charge in [-0.15, -0.1) is 16.8 Å². The van der Waals surface area contributed by atoms with Crippen LogP contribution in [0.4, 0.5) is 4.79 Å². The molecular weight excluding hydrogens is 673 g/mol. The summed E-state index contributed by atoms with van der Waals surface area (Å²) in [5, 5.41) is 4.09. The van der Waals surface area contributed by atoms with Gasteiger partial charge in [-0.3, -0.25) is 4.98 Å². The van der Waals surface area contributed by atoms with Crippen LogP contribution in [0.3, 0.4) is 0 Å². The molecule has 0 N–H and O–H groups in total. The molecule has 0 aliphatic carbocycles. The van der Waals surface area contributed by atoms with E-state index >= 15 is 0 Å². The molecular formula is C43H48N2O6S. The number of piperidine rings is 1. The molecule has 0 radical (unpaired) electrons. The largest absolute Gasteiger partial charge is 0.528 e. The zero-order valence-corrected chi connectivity index (χ0v) is 31.1. The SMILES string of the molecule is CC(C)(C)OC(=O)ON1CCC(c2ccc(OCCCOCc3ccccc3)cc2)C(OCc2ccc3cccc(CSc4ccncc4)c3c2)C1. The maximum Gasteiger partial charge on any atom is 0.528 e. The Kier molecular flexibility index (Phi) is 13.2. The summed E-state index contributed by atoms with van der Waals surface area (Å²) in [7, 11) is 0. The van der Waals surface area contributed by atoms with Gasteiger partial charge in [-0.25, -0.2) is 4.79 Å². The number of ether oxygens (including phenoxy) is 4. The van der Waals surface area contributed by atoms with E-state index in [9.17, 15) is 4.79 Å². The molecule has 0 saturated carbocycles. The van der Waals surface area contributed by atoms with E-state index in [1.165, 1.54) is 26.8 Å². The first-order chi connectivity index (χ1) is 25.3. The highest BCUT2D eigenvalue weighted by atomic mass is 32.2. The Morgan fingerprint density at radius 3 is 2.46 bits per heavy atom. The fourth-order valence-corrected chi connectivity index (χ4v) is 7.11. The predicted molar refractivity (Wildman–Crippen MR) is 205 cm³/mol. The van der Waals surface area contributed by atoms with Crippen molar-refractivity contribution in [3.8, 4) is 5.75 Å². The molecule has 2 heterocycles. The number of thioether (sulfide) groups is 1. The van der Waals surface area contributed by atoms with E-state index in [0.717, 1.165) is 35.5 Å². The summed E-state index contributed by atoms with van der Waals surface area (Å²) < 4.78 is 24.0. The van der Waals surface area contributed by atoms with Crippen LogP contribution in [0.1, 0.15) is 61.8 Å². The molecule has 4 aromatic carbocycles. The van der Waals surface area contributed by atoms with Crippen LogP contribution >= 0.6 is 11.8 Å². The van der Waals surface area contributed by atoms with Crippen LogP contribution in [0, 0.1) is 0 Å². The molecule has 1 saturated heterocycles. The van der Waals surface area contributed by atoms with E-state index in [4.69, 9.17) is 23.8 Å². The number of carbonyl (C=O) groups excluding carboxylic acids is 1. The van der Waals surface area contributed by atoms with Gasteiger partial charge in [-0.1, -0.05) is 72.8 Å². The number of hydroxylamine groups is 2. The lowest BCUT2D eigenvalue weighted by atomic mass is 9.87. The normalized spacial score (nSPS) is 16.4. The summed E-state index contributed by atoms with van der Waals surface area (Å²) in [6, 6.07) is 35.5. The number of rotatable bonds is 15. The molecule has 1 aliphatic rings. The average Bonchev–Trinajstić information content (AvgIpc) is 3.15. The molecule has 0 amide bonds. The first kappa shape index (κ1) is 37.4. The smallest absolute Gasteiger partial charge is 0.494 e. The highest BCUT2D eigenvalue weighted by Crippen LogP contribution is 2.33. The summed E-state index contributed by atoms with van der Waals surface area (Å²) >= 11 is 1.80. The molecule has 0 bridgehead atoms. The number of nitrogens with zero attached hydrogens (tertiary/aromatic N) is 2. The molecule has 1 aliphatic heterocycles. The zero-order valence-electron chi connectivity index (χ0n) is 30.2. The van der Waals surface area contributed by atoms with Gasteiger partial charge < -0.3 is 23.8 Å². The van der Waals surface area contributed by atoms with Crippen LogP contribution < -0.4 is 4.74 Å². The van der Waals surface area contributed by atoms with E-state index in [2.05, 4.69) is 65.6 Å². The molecule has 5 aromatic rings. The summed E-state index contributed by atoms with van der Waals surface area (Å²) in [6.45, 7) is 8.72. The number of aromatic nitrogens is 1. The van der Waals surface area contributed by atoms with Gasteiger partial charge in [0.2, 0.25) is 0 Å². The van der Waals surface area contributed by atoms with E-state index in [-0.39, 0.29) is 12.0 Å². The zero-order chi connectivity index (χ0) is 36.2. The Morgan fingerprint density at radius 2 is 1.67 bits per heavy atom. The molecule has 2 atom stereocenters. The lowest BCUT2D eigenvalue weighted by molar-refractivity contribution is -0.179. The van der Waals surface area contributed by atoms with Gasteiger partial charge >= 0.3 is 6.16 Å². The van der Waals surface area contributed by atoms with Gasteiger partial charge in [0.1, 0.15) is 11.4 Å². The maximum atomic E-state index is 12.6. The summed E-state index contributed by atoms with van der Waals surface area (Å²) in [4.78, 5) is 23.5. The van der Waals surface area contributed by atoms with Crippen molar-refractivity contribution in [2.24, 2.45) is 0 Å². The Balaban J connectivity index is 1.09. The number of carbonyl (C=O) groups is 1. The van der Waals surface area contributed by atoms with E-state index in [0.29, 0.717) is 39.5 Å². The summed E-state index contributed by atoms with van der Waals surface area (Å²) in [5.41, 5.74) is 4.05. The third kappa shape index (κ3) is 11.3. The van der Waals surface area contributed by atoms with Crippen LogP contribution in [-0.4, -0.2) is 54.2 Å². The van der Waals surface area contributed by atoms with Crippen molar-refractivity contribution in [1.29, 1.82) is 0 Å². The Bertz CT molecular complexity index is 1850. The van der Waals surface area contributed by atoms with Gasteiger partial charge in [0.25, 0.3) is 0 Å². The Morgan fingerprint density at radius 1 is 0.865 bits per heavy atom. The van der Waals surface area contributed by atoms with Gasteiger partial charge in [0.05, 0.1) is 39.1 Å². The van der Waals surface area contributed by atoms with E-state index in [1.54, 1.807) is 16.8 Å². The number of pyridine rings is 1. The third-order valence-corrected chi connectivity index (χ3v) is 9.84. The minimum absolute atomic E-state index is 0.103. The summed E-state index contributed by atoms with van der Waals surface area (Å²) in [6.07, 6.45) is 4.28. The van der Waals surface area contributed by atoms with Gasteiger partial charge in [0, 0.05) is 41.9 Å². The van der Waals surface area contributed by atoms with Crippen molar-refractivity contribution in [3.63, 3.8) is 0 Å². The molecule has 8 nitrogen and oxygen atoms in total. The number of hydrogen-bond acceptors (Lipinski definition) is 9. The molecule has 2 unspecified atom stereocenters. The van der Waals surface area contributed by atoms with Crippen molar-refractivity contribution in [2.45, 2.75) is 75.1 Å². The van der Waals surface area contributed by atoms with Gasteiger partial charge in [-0.2, -0.15) is 0 Å². The van der Waals surface area contributed by atoms with Crippen molar-refractivity contribution < 1.29 is 28.6 Å². The van der Waals surface area contributed by atoms with Crippen molar-refractivity contribution in [3.05, 3.63) is 138 Å². The first-order valence-electron chi connectivity index (χ1n) is 17.9. The lowest BCUT2D eigenvalue weighted by Crippen LogP contribution is -2.45. The Hall–Kier alpha value is -4.41. The monoisotopic (exact) mass is 720 g/mol. The molecule has 1 aromatic heterocycles. The molecule has 6 rings (SSSR count). The number of hydrogen-bond donors (Lipinski definition) is 0. The van der Waals surface area contributed by atoms with Crippen LogP contribution in [0.2, 0.25) is 0 Å². The van der Waals surface area contributed by atoms with E-state index < -0.39 is 11.8 Å². The maximum absolute atomic E-state index is 12.6. The van der Waals surface area contributed by atoms with Crippen molar-refractivity contribution >= 4 is 28.7 Å². The topological polar surface area (TPSA) is 79.4 Å². The molecule has 1 fully saturated rings. The number of benzene rings is 4. The molecule has 52 heavy (non-hydrogen) atoms.